The first-order valence-electron chi connectivity index (χ1n) is 7.71. The van der Waals surface area contributed by atoms with Gasteiger partial charge in [0.25, 0.3) is 0 Å². The number of carbonyl (C=O) groups excluding carboxylic acids is 2. The Balaban J connectivity index is 1.90. The van der Waals surface area contributed by atoms with E-state index in [1.54, 1.807) is 24.3 Å². The SMILES string of the molecule is CC(=O)n1c(SC(F)(F)C(=O)N(C)c2ccccc2)nnc1-c1ccco1. The van der Waals surface area contributed by atoms with Crippen LogP contribution < -0.4 is 4.90 Å². The summed E-state index contributed by atoms with van der Waals surface area (Å²) < 4.78 is 35.2. The Hall–Kier alpha value is -3.01. The third kappa shape index (κ3) is 3.75. The first kappa shape index (κ1) is 18.8. The van der Waals surface area contributed by atoms with Gasteiger partial charge in [0.15, 0.2) is 5.76 Å². The van der Waals surface area contributed by atoms with Crippen molar-refractivity contribution in [2.75, 3.05) is 11.9 Å². The second-order valence-electron chi connectivity index (χ2n) is 5.46. The van der Waals surface area contributed by atoms with Crippen LogP contribution >= 0.6 is 11.8 Å². The highest BCUT2D eigenvalue weighted by atomic mass is 32.2. The predicted octanol–water partition coefficient (Wildman–Crippen LogP) is 3.55. The minimum absolute atomic E-state index is 0.0188. The molecule has 2 aromatic heterocycles. The summed E-state index contributed by atoms with van der Waals surface area (Å²) in [6.45, 7) is 1.18. The molecule has 0 saturated heterocycles. The second kappa shape index (κ2) is 7.31. The maximum atomic E-state index is 14.6. The molecule has 10 heteroatoms. The van der Waals surface area contributed by atoms with Gasteiger partial charge in [-0.25, -0.2) is 4.57 Å². The number of para-hydroxylation sites is 1. The Morgan fingerprint density at radius 3 is 2.44 bits per heavy atom. The average Bonchev–Trinajstić information content (AvgIpc) is 3.30. The van der Waals surface area contributed by atoms with Gasteiger partial charge in [-0.05, 0) is 36.0 Å². The summed E-state index contributed by atoms with van der Waals surface area (Å²) in [5.74, 6) is -1.86. The highest BCUT2D eigenvalue weighted by molar-refractivity contribution is 8.01. The fourth-order valence-corrected chi connectivity index (χ4v) is 3.15. The maximum absolute atomic E-state index is 14.6. The van der Waals surface area contributed by atoms with Gasteiger partial charge in [0.2, 0.25) is 16.9 Å². The topological polar surface area (TPSA) is 81.2 Å². The van der Waals surface area contributed by atoms with Crippen LogP contribution in [-0.4, -0.2) is 38.9 Å². The number of furan rings is 1. The molecule has 1 aromatic carbocycles. The van der Waals surface area contributed by atoms with Gasteiger partial charge in [0.1, 0.15) is 0 Å². The Morgan fingerprint density at radius 1 is 1.15 bits per heavy atom. The largest absolute Gasteiger partial charge is 0.461 e. The molecule has 1 amide bonds. The third-order valence-corrected chi connectivity index (χ3v) is 4.48. The number of aromatic nitrogens is 3. The normalized spacial score (nSPS) is 11.4. The zero-order chi connectivity index (χ0) is 19.6. The molecule has 0 aliphatic heterocycles. The van der Waals surface area contributed by atoms with Gasteiger partial charge in [-0.2, -0.15) is 8.78 Å². The molecule has 0 unspecified atom stereocenters. The molecule has 0 aliphatic carbocycles. The van der Waals surface area contributed by atoms with Crippen molar-refractivity contribution in [1.29, 1.82) is 0 Å². The summed E-state index contributed by atoms with van der Waals surface area (Å²) in [5, 5.41) is 3.10. The van der Waals surface area contributed by atoms with Crippen LogP contribution in [0.25, 0.3) is 11.6 Å². The van der Waals surface area contributed by atoms with Crippen molar-refractivity contribution in [2.24, 2.45) is 0 Å². The molecule has 2 heterocycles. The van der Waals surface area contributed by atoms with E-state index in [1.807, 2.05) is 0 Å². The minimum Gasteiger partial charge on any atom is -0.461 e. The molecule has 7 nitrogen and oxygen atoms in total. The van der Waals surface area contributed by atoms with Crippen LogP contribution in [0.5, 0.6) is 0 Å². The fraction of sp³-hybridized carbons (Fsp3) is 0.176. The number of benzene rings is 1. The second-order valence-corrected chi connectivity index (χ2v) is 6.54. The van der Waals surface area contributed by atoms with Crippen molar-refractivity contribution in [2.45, 2.75) is 17.3 Å². The summed E-state index contributed by atoms with van der Waals surface area (Å²) in [6.07, 6.45) is 1.36. The number of thioether (sulfide) groups is 1. The molecule has 140 valence electrons. The van der Waals surface area contributed by atoms with Crippen molar-refractivity contribution in [3.63, 3.8) is 0 Å². The highest BCUT2D eigenvalue weighted by Crippen LogP contribution is 2.38. The molecule has 0 aliphatic rings. The fourth-order valence-electron chi connectivity index (χ4n) is 2.31. The number of carbonyl (C=O) groups is 2. The van der Waals surface area contributed by atoms with Crippen molar-refractivity contribution >= 4 is 29.3 Å². The maximum Gasteiger partial charge on any atom is 0.378 e. The predicted molar refractivity (Wildman–Crippen MR) is 94.7 cm³/mol. The van der Waals surface area contributed by atoms with E-state index < -0.39 is 22.2 Å². The summed E-state index contributed by atoms with van der Waals surface area (Å²) in [7, 11) is 1.25. The monoisotopic (exact) mass is 392 g/mol. The van der Waals surface area contributed by atoms with Crippen LogP contribution in [0.1, 0.15) is 11.7 Å². The van der Waals surface area contributed by atoms with Crippen LogP contribution in [0.2, 0.25) is 0 Å². The average molecular weight is 392 g/mol. The van der Waals surface area contributed by atoms with E-state index in [0.29, 0.717) is 5.69 Å². The zero-order valence-electron chi connectivity index (χ0n) is 14.3. The molecule has 0 atom stereocenters. The highest BCUT2D eigenvalue weighted by Gasteiger charge is 2.45. The Kier molecular flexibility index (Phi) is 5.08. The number of amides is 1. The van der Waals surface area contributed by atoms with Crippen LogP contribution in [-0.2, 0) is 4.79 Å². The number of halogens is 2. The van der Waals surface area contributed by atoms with Gasteiger partial charge in [-0.3, -0.25) is 9.59 Å². The third-order valence-electron chi connectivity index (χ3n) is 3.61. The van der Waals surface area contributed by atoms with Gasteiger partial charge in [0.05, 0.1) is 6.26 Å². The van der Waals surface area contributed by atoms with E-state index in [4.69, 9.17) is 4.42 Å². The number of anilines is 1. The number of hydrogen-bond acceptors (Lipinski definition) is 6. The molecule has 0 N–H and O–H groups in total. The number of rotatable bonds is 5. The number of hydrogen-bond donors (Lipinski definition) is 0. The Labute approximate surface area is 157 Å². The van der Waals surface area contributed by atoms with Crippen LogP contribution in [0.3, 0.4) is 0 Å². The smallest absolute Gasteiger partial charge is 0.378 e. The van der Waals surface area contributed by atoms with E-state index in [9.17, 15) is 18.4 Å². The van der Waals surface area contributed by atoms with E-state index in [2.05, 4.69) is 10.2 Å². The summed E-state index contributed by atoms with van der Waals surface area (Å²) in [4.78, 5) is 25.1. The molecule has 0 bridgehead atoms. The molecular formula is C17H14F2N4O3S. The standard InChI is InChI=1S/C17H14F2N4O3S/c1-11(24)23-14(13-9-6-10-26-13)20-21-16(23)27-17(18,19)15(25)22(2)12-7-4-3-5-8-12/h3-10H,1-2H3. The minimum atomic E-state index is -3.87. The summed E-state index contributed by atoms with van der Waals surface area (Å²) in [6, 6.07) is 11.1. The van der Waals surface area contributed by atoms with Crippen molar-refractivity contribution in [3.8, 4) is 11.6 Å². The van der Waals surface area contributed by atoms with Crippen LogP contribution in [0.4, 0.5) is 14.5 Å². The molecule has 0 saturated carbocycles. The van der Waals surface area contributed by atoms with Gasteiger partial charge in [0, 0.05) is 19.7 Å². The van der Waals surface area contributed by atoms with Gasteiger partial charge in [-0.1, -0.05) is 18.2 Å². The molecule has 0 spiro atoms. The molecule has 0 radical (unpaired) electrons. The first-order chi connectivity index (χ1) is 12.8. The lowest BCUT2D eigenvalue weighted by atomic mass is 10.3. The summed E-state index contributed by atoms with van der Waals surface area (Å²) >= 11 is -0.148. The lowest BCUT2D eigenvalue weighted by Crippen LogP contribution is -2.39. The van der Waals surface area contributed by atoms with Gasteiger partial charge >= 0.3 is 11.2 Å². The molecule has 3 aromatic rings. The van der Waals surface area contributed by atoms with E-state index in [-0.39, 0.29) is 23.3 Å². The molecule has 0 fully saturated rings. The number of alkyl halides is 2. The lowest BCUT2D eigenvalue weighted by molar-refractivity contribution is -0.131. The van der Waals surface area contributed by atoms with Crippen LogP contribution in [0.15, 0.2) is 58.3 Å². The molecule has 3 rings (SSSR count). The molecule has 27 heavy (non-hydrogen) atoms. The van der Waals surface area contributed by atoms with Crippen molar-refractivity contribution in [3.05, 3.63) is 48.7 Å². The number of nitrogens with zero attached hydrogens (tertiary/aromatic N) is 4. The first-order valence-corrected chi connectivity index (χ1v) is 8.53. The van der Waals surface area contributed by atoms with Crippen molar-refractivity contribution in [1.82, 2.24) is 14.8 Å². The van der Waals surface area contributed by atoms with Crippen molar-refractivity contribution < 1.29 is 22.8 Å². The summed E-state index contributed by atoms with van der Waals surface area (Å²) in [5.41, 5.74) is 0.312. The van der Waals surface area contributed by atoms with Crippen LogP contribution in [0, 0.1) is 0 Å². The van der Waals surface area contributed by atoms with Gasteiger partial charge in [-0.15, -0.1) is 10.2 Å². The van der Waals surface area contributed by atoms with E-state index in [1.165, 1.54) is 38.4 Å². The van der Waals surface area contributed by atoms with E-state index >= 15 is 0 Å². The lowest BCUT2D eigenvalue weighted by Gasteiger charge is -2.22. The zero-order valence-corrected chi connectivity index (χ0v) is 15.1. The molecular weight excluding hydrogens is 378 g/mol. The Bertz CT molecular complexity index is 958. The Morgan fingerprint density at radius 2 is 1.85 bits per heavy atom. The quantitative estimate of drug-likeness (QED) is 0.618. The van der Waals surface area contributed by atoms with E-state index in [0.717, 1.165) is 9.47 Å². The van der Waals surface area contributed by atoms with Gasteiger partial charge < -0.3 is 9.32 Å².